The van der Waals surface area contributed by atoms with Gasteiger partial charge in [-0.2, -0.15) is 4.31 Å². The molecule has 1 aliphatic heterocycles. The summed E-state index contributed by atoms with van der Waals surface area (Å²) >= 11 is 6.02. The third kappa shape index (κ3) is 4.48. The summed E-state index contributed by atoms with van der Waals surface area (Å²) in [5, 5.41) is 0.444. The van der Waals surface area contributed by atoms with Crippen molar-refractivity contribution >= 4 is 27.5 Å². The predicted octanol–water partition coefficient (Wildman–Crippen LogP) is 2.87. The van der Waals surface area contributed by atoms with E-state index in [0.717, 1.165) is 11.1 Å². The van der Waals surface area contributed by atoms with E-state index in [0.29, 0.717) is 28.8 Å². The number of hydrogen-bond acceptors (Lipinski definition) is 4. The van der Waals surface area contributed by atoms with Gasteiger partial charge in [-0.1, -0.05) is 41.4 Å². The van der Waals surface area contributed by atoms with Crippen LogP contribution in [-0.2, 0) is 14.8 Å². The summed E-state index contributed by atoms with van der Waals surface area (Å²) in [6.07, 6.45) is 0. The highest BCUT2D eigenvalue weighted by atomic mass is 35.5. The van der Waals surface area contributed by atoms with E-state index in [1.54, 1.807) is 48.2 Å². The van der Waals surface area contributed by atoms with Gasteiger partial charge < -0.3 is 9.64 Å². The molecule has 8 heteroatoms. The van der Waals surface area contributed by atoms with Crippen molar-refractivity contribution in [2.75, 3.05) is 32.8 Å². The van der Waals surface area contributed by atoms with E-state index >= 15 is 0 Å². The Bertz CT molecular complexity index is 970. The molecule has 0 atom stereocenters. The van der Waals surface area contributed by atoms with E-state index in [9.17, 15) is 13.2 Å². The monoisotopic (exact) mass is 422 g/mol. The average molecular weight is 423 g/mol. The Labute approximate surface area is 170 Å². The Morgan fingerprint density at radius 2 is 1.75 bits per heavy atom. The van der Waals surface area contributed by atoms with Gasteiger partial charge in [0.1, 0.15) is 5.75 Å². The van der Waals surface area contributed by atoms with Crippen molar-refractivity contribution in [3.05, 3.63) is 58.6 Å². The number of carbonyl (C=O) groups is 1. The predicted molar refractivity (Wildman–Crippen MR) is 108 cm³/mol. The molecule has 0 aliphatic carbocycles. The number of amides is 1. The van der Waals surface area contributed by atoms with Crippen LogP contribution in [0, 0.1) is 13.8 Å². The summed E-state index contributed by atoms with van der Waals surface area (Å²) in [6, 6.07) is 12.3. The summed E-state index contributed by atoms with van der Waals surface area (Å²) in [4.78, 5) is 14.3. The number of hydrogen-bond donors (Lipinski definition) is 0. The van der Waals surface area contributed by atoms with Crippen molar-refractivity contribution in [2.24, 2.45) is 0 Å². The number of halogens is 1. The molecule has 2 aromatic rings. The van der Waals surface area contributed by atoms with Crippen LogP contribution < -0.4 is 4.74 Å². The first-order chi connectivity index (χ1) is 13.3. The molecule has 0 aromatic heterocycles. The van der Waals surface area contributed by atoms with Gasteiger partial charge in [-0.15, -0.1) is 0 Å². The molecule has 3 rings (SSSR count). The number of para-hydroxylation sites is 1. The maximum Gasteiger partial charge on any atom is 0.260 e. The lowest BCUT2D eigenvalue weighted by molar-refractivity contribution is -0.134. The van der Waals surface area contributed by atoms with E-state index in [2.05, 4.69) is 0 Å². The summed E-state index contributed by atoms with van der Waals surface area (Å²) < 4.78 is 32.8. The Kier molecular flexibility index (Phi) is 6.27. The highest BCUT2D eigenvalue weighted by molar-refractivity contribution is 7.89. The second kappa shape index (κ2) is 8.51. The van der Waals surface area contributed by atoms with Crippen LogP contribution in [0.1, 0.15) is 11.1 Å². The Morgan fingerprint density at radius 3 is 2.39 bits per heavy atom. The van der Waals surface area contributed by atoms with Crippen LogP contribution in [0.3, 0.4) is 0 Å². The first-order valence-electron chi connectivity index (χ1n) is 9.01. The molecular formula is C20H23ClN2O4S. The average Bonchev–Trinajstić information content (AvgIpc) is 2.67. The van der Waals surface area contributed by atoms with Crippen LogP contribution >= 0.6 is 11.6 Å². The zero-order chi connectivity index (χ0) is 20.3. The number of piperazine rings is 1. The smallest absolute Gasteiger partial charge is 0.260 e. The first kappa shape index (κ1) is 20.6. The summed E-state index contributed by atoms with van der Waals surface area (Å²) in [5.41, 5.74) is 1.75. The van der Waals surface area contributed by atoms with Crippen molar-refractivity contribution in [2.45, 2.75) is 18.7 Å². The number of aryl methyl sites for hydroxylation is 2. The van der Waals surface area contributed by atoms with Crippen LogP contribution in [0.5, 0.6) is 5.75 Å². The highest BCUT2D eigenvalue weighted by Crippen LogP contribution is 2.24. The molecule has 1 heterocycles. The number of benzene rings is 2. The maximum absolute atomic E-state index is 12.9. The quantitative estimate of drug-likeness (QED) is 0.743. The Hall–Kier alpha value is -2.09. The molecule has 1 aliphatic rings. The zero-order valence-electron chi connectivity index (χ0n) is 15.9. The minimum atomic E-state index is -3.57. The fraction of sp³-hybridized carbons (Fsp3) is 0.350. The highest BCUT2D eigenvalue weighted by Gasteiger charge is 2.31. The SMILES string of the molecule is Cc1ccc(S(=O)(=O)N2CCN(C(=O)COc3ccccc3Cl)CC2)c(C)c1. The zero-order valence-corrected chi connectivity index (χ0v) is 17.5. The van der Waals surface area contributed by atoms with Crippen LogP contribution in [0.2, 0.25) is 5.02 Å². The van der Waals surface area contributed by atoms with Crippen LogP contribution in [-0.4, -0.2) is 56.3 Å². The first-order valence-corrected chi connectivity index (χ1v) is 10.8. The lowest BCUT2D eigenvalue weighted by Crippen LogP contribution is -2.51. The van der Waals surface area contributed by atoms with Crippen molar-refractivity contribution in [3.8, 4) is 5.75 Å². The molecule has 1 fully saturated rings. The van der Waals surface area contributed by atoms with E-state index in [4.69, 9.17) is 16.3 Å². The van der Waals surface area contributed by atoms with Gasteiger partial charge in [0, 0.05) is 26.2 Å². The molecule has 28 heavy (non-hydrogen) atoms. The molecule has 0 unspecified atom stereocenters. The van der Waals surface area contributed by atoms with Crippen molar-refractivity contribution in [3.63, 3.8) is 0 Å². The summed E-state index contributed by atoms with van der Waals surface area (Å²) in [6.45, 7) is 4.77. The van der Waals surface area contributed by atoms with Crippen molar-refractivity contribution in [1.29, 1.82) is 0 Å². The molecule has 2 aromatic carbocycles. The molecule has 0 radical (unpaired) electrons. The standard InChI is InChI=1S/C20H23ClN2O4S/c1-15-7-8-19(16(2)13-15)28(25,26)23-11-9-22(10-12-23)20(24)14-27-18-6-4-3-5-17(18)21/h3-8,13H,9-12,14H2,1-2H3. The summed E-state index contributed by atoms with van der Waals surface area (Å²) in [7, 11) is -3.57. The minimum Gasteiger partial charge on any atom is -0.482 e. The van der Waals surface area contributed by atoms with E-state index in [1.807, 2.05) is 13.0 Å². The number of carbonyl (C=O) groups excluding carboxylic acids is 1. The van der Waals surface area contributed by atoms with Gasteiger partial charge in [0.2, 0.25) is 10.0 Å². The summed E-state index contributed by atoms with van der Waals surface area (Å²) in [5.74, 6) is 0.261. The molecule has 150 valence electrons. The van der Waals surface area contributed by atoms with Gasteiger partial charge in [-0.05, 0) is 37.6 Å². The number of ether oxygens (including phenoxy) is 1. The van der Waals surface area contributed by atoms with Crippen LogP contribution in [0.25, 0.3) is 0 Å². The van der Waals surface area contributed by atoms with Crippen molar-refractivity contribution in [1.82, 2.24) is 9.21 Å². The minimum absolute atomic E-state index is 0.131. The second-order valence-electron chi connectivity index (χ2n) is 6.77. The number of nitrogens with zero attached hydrogens (tertiary/aromatic N) is 2. The molecule has 1 saturated heterocycles. The molecule has 0 spiro atoms. The van der Waals surface area contributed by atoms with E-state index < -0.39 is 10.0 Å². The lowest BCUT2D eigenvalue weighted by atomic mass is 10.2. The van der Waals surface area contributed by atoms with E-state index in [-0.39, 0.29) is 25.6 Å². The van der Waals surface area contributed by atoms with Crippen LogP contribution in [0.4, 0.5) is 0 Å². The normalized spacial score (nSPS) is 15.5. The molecule has 0 N–H and O–H groups in total. The van der Waals surface area contributed by atoms with Gasteiger partial charge in [-0.3, -0.25) is 4.79 Å². The molecule has 0 saturated carbocycles. The number of sulfonamides is 1. The molecule has 0 bridgehead atoms. The second-order valence-corrected chi connectivity index (χ2v) is 9.09. The maximum atomic E-state index is 12.9. The molecule has 6 nitrogen and oxygen atoms in total. The Balaban J connectivity index is 1.59. The third-order valence-corrected chi connectivity index (χ3v) is 7.10. The number of rotatable bonds is 5. The fourth-order valence-corrected chi connectivity index (χ4v) is 5.02. The van der Waals surface area contributed by atoms with Crippen LogP contribution in [0.15, 0.2) is 47.4 Å². The van der Waals surface area contributed by atoms with E-state index in [1.165, 1.54) is 4.31 Å². The molecule has 1 amide bonds. The van der Waals surface area contributed by atoms with Gasteiger partial charge in [0.25, 0.3) is 5.91 Å². The van der Waals surface area contributed by atoms with Gasteiger partial charge in [-0.25, -0.2) is 8.42 Å². The third-order valence-electron chi connectivity index (χ3n) is 4.73. The molecular weight excluding hydrogens is 400 g/mol. The fourth-order valence-electron chi connectivity index (χ4n) is 3.20. The largest absolute Gasteiger partial charge is 0.482 e. The lowest BCUT2D eigenvalue weighted by Gasteiger charge is -2.34. The van der Waals surface area contributed by atoms with Crippen molar-refractivity contribution < 1.29 is 17.9 Å². The van der Waals surface area contributed by atoms with Gasteiger partial charge in [0.05, 0.1) is 9.92 Å². The van der Waals surface area contributed by atoms with Gasteiger partial charge in [0.15, 0.2) is 6.61 Å². The Morgan fingerprint density at radius 1 is 1.07 bits per heavy atom. The topological polar surface area (TPSA) is 66.9 Å². The van der Waals surface area contributed by atoms with Gasteiger partial charge >= 0.3 is 0 Å².